The average molecular weight is 203 g/mol. The third-order valence-corrected chi connectivity index (χ3v) is 2.91. The van der Waals surface area contributed by atoms with Crippen molar-refractivity contribution in [2.75, 3.05) is 7.11 Å². The van der Waals surface area contributed by atoms with Crippen LogP contribution >= 0.6 is 0 Å². The minimum absolute atomic E-state index is 0.0756. The van der Waals surface area contributed by atoms with Crippen molar-refractivity contribution in [3.63, 3.8) is 0 Å². The van der Waals surface area contributed by atoms with Gasteiger partial charge in [-0.15, -0.1) is 0 Å². The van der Waals surface area contributed by atoms with E-state index >= 15 is 0 Å². The second kappa shape index (κ2) is 4.35. The van der Waals surface area contributed by atoms with Gasteiger partial charge in [-0.2, -0.15) is 0 Å². The molecule has 1 aromatic rings. The maximum absolute atomic E-state index is 7.08. The topological polar surface area (TPSA) is 13.6 Å². The molecule has 0 saturated heterocycles. The molecule has 0 bridgehead atoms. The Bertz CT molecular complexity index is 416. The summed E-state index contributed by atoms with van der Waals surface area (Å²) in [6.07, 6.45) is 0. The zero-order chi connectivity index (χ0) is 11.6. The van der Waals surface area contributed by atoms with E-state index in [-0.39, 0.29) is 6.04 Å². The van der Waals surface area contributed by atoms with Gasteiger partial charge in [-0.3, -0.25) is 0 Å². The van der Waals surface area contributed by atoms with Crippen molar-refractivity contribution in [3.8, 4) is 5.75 Å². The van der Waals surface area contributed by atoms with E-state index in [1.165, 1.54) is 5.56 Å². The van der Waals surface area contributed by atoms with E-state index in [4.69, 9.17) is 11.3 Å². The minimum atomic E-state index is -0.0756. The quantitative estimate of drug-likeness (QED) is 0.669. The first-order valence-corrected chi connectivity index (χ1v) is 5.04. The smallest absolute Gasteiger partial charge is 0.246 e. The van der Waals surface area contributed by atoms with E-state index in [0.717, 1.165) is 22.4 Å². The number of benzene rings is 1. The van der Waals surface area contributed by atoms with Gasteiger partial charge in [-0.1, -0.05) is 0 Å². The van der Waals surface area contributed by atoms with Crippen LogP contribution in [0, 0.1) is 27.3 Å². The lowest BCUT2D eigenvalue weighted by Crippen LogP contribution is -2.00. The highest BCUT2D eigenvalue weighted by Gasteiger charge is 2.17. The maximum atomic E-state index is 7.08. The van der Waals surface area contributed by atoms with Gasteiger partial charge in [-0.25, -0.2) is 6.57 Å². The molecule has 0 aliphatic heterocycles. The van der Waals surface area contributed by atoms with Crippen LogP contribution in [0.4, 0.5) is 0 Å². The van der Waals surface area contributed by atoms with Gasteiger partial charge in [-0.05, 0) is 43.5 Å². The number of ether oxygens (including phenoxy) is 1. The summed E-state index contributed by atoms with van der Waals surface area (Å²) in [5, 5.41) is 0. The van der Waals surface area contributed by atoms with E-state index in [1.807, 2.05) is 27.7 Å². The molecule has 0 aromatic heterocycles. The van der Waals surface area contributed by atoms with Gasteiger partial charge >= 0.3 is 0 Å². The molecule has 1 aromatic carbocycles. The van der Waals surface area contributed by atoms with Crippen LogP contribution in [0.25, 0.3) is 4.85 Å². The molecular formula is C13H17NO. The molecule has 0 amide bonds. The molecule has 0 aliphatic rings. The van der Waals surface area contributed by atoms with E-state index < -0.39 is 0 Å². The van der Waals surface area contributed by atoms with Crippen molar-refractivity contribution in [1.82, 2.24) is 0 Å². The van der Waals surface area contributed by atoms with Gasteiger partial charge in [0.2, 0.25) is 6.04 Å². The van der Waals surface area contributed by atoms with E-state index in [1.54, 1.807) is 7.11 Å². The lowest BCUT2D eigenvalue weighted by atomic mass is 9.95. The Hall–Kier alpha value is -1.49. The highest BCUT2D eigenvalue weighted by atomic mass is 16.5. The fourth-order valence-corrected chi connectivity index (χ4v) is 1.91. The van der Waals surface area contributed by atoms with Crippen LogP contribution in [0.3, 0.4) is 0 Å². The molecule has 1 rings (SSSR count). The zero-order valence-electron chi connectivity index (χ0n) is 10.0. The molecule has 0 heterocycles. The van der Waals surface area contributed by atoms with Crippen molar-refractivity contribution in [1.29, 1.82) is 0 Å². The lowest BCUT2D eigenvalue weighted by Gasteiger charge is -2.15. The summed E-state index contributed by atoms with van der Waals surface area (Å²) in [6.45, 7) is 15.1. The van der Waals surface area contributed by atoms with Crippen molar-refractivity contribution in [2.24, 2.45) is 0 Å². The highest BCUT2D eigenvalue weighted by molar-refractivity contribution is 5.50. The summed E-state index contributed by atoms with van der Waals surface area (Å²) in [5.74, 6) is 0.938. The molecule has 0 saturated carbocycles. The molecule has 80 valence electrons. The molecular weight excluding hydrogens is 186 g/mol. The Kier molecular flexibility index (Phi) is 3.36. The first kappa shape index (κ1) is 11.6. The van der Waals surface area contributed by atoms with Gasteiger partial charge in [0.05, 0.1) is 7.11 Å². The predicted molar refractivity (Wildman–Crippen MR) is 62.2 cm³/mol. The first-order valence-electron chi connectivity index (χ1n) is 5.04. The van der Waals surface area contributed by atoms with Crippen LogP contribution in [0.1, 0.15) is 35.2 Å². The fraction of sp³-hybridized carbons (Fsp3) is 0.462. The molecule has 0 aliphatic carbocycles. The summed E-state index contributed by atoms with van der Waals surface area (Å²) < 4.78 is 5.35. The monoisotopic (exact) mass is 203 g/mol. The van der Waals surface area contributed by atoms with E-state index in [9.17, 15) is 0 Å². The Morgan fingerprint density at radius 1 is 1.27 bits per heavy atom. The number of aryl methyl sites for hydroxylation is 1. The number of hydrogen-bond donors (Lipinski definition) is 0. The third kappa shape index (κ3) is 1.97. The van der Waals surface area contributed by atoms with Gasteiger partial charge < -0.3 is 9.58 Å². The lowest BCUT2D eigenvalue weighted by molar-refractivity contribution is 0.408. The molecule has 0 radical (unpaired) electrons. The van der Waals surface area contributed by atoms with Crippen molar-refractivity contribution in [3.05, 3.63) is 39.7 Å². The molecule has 0 spiro atoms. The summed E-state index contributed by atoms with van der Waals surface area (Å²) in [5.41, 5.74) is 4.52. The highest BCUT2D eigenvalue weighted by Crippen LogP contribution is 2.32. The first-order chi connectivity index (χ1) is 7.02. The minimum Gasteiger partial charge on any atom is -0.496 e. The Balaban J connectivity index is 3.42. The summed E-state index contributed by atoms with van der Waals surface area (Å²) in [6, 6.07) is 1.98. The standard InChI is InChI=1S/C13H17NO/c1-8-7-12(11(4)14-5)9(2)10(3)13(8)15-6/h7,11H,1-4,6H3. The predicted octanol–water partition coefficient (Wildman–Crippen LogP) is 3.60. The van der Waals surface area contributed by atoms with Gasteiger partial charge in [0.15, 0.2) is 0 Å². The molecule has 1 atom stereocenters. The van der Waals surface area contributed by atoms with Gasteiger partial charge in [0, 0.05) is 12.5 Å². The summed E-state index contributed by atoms with van der Waals surface area (Å²) >= 11 is 0. The van der Waals surface area contributed by atoms with Gasteiger partial charge in [0.1, 0.15) is 5.75 Å². The molecule has 2 heteroatoms. The molecule has 2 nitrogen and oxygen atoms in total. The molecule has 0 N–H and O–H groups in total. The third-order valence-electron chi connectivity index (χ3n) is 2.91. The molecule has 15 heavy (non-hydrogen) atoms. The number of hydrogen-bond acceptors (Lipinski definition) is 1. The Labute approximate surface area is 91.7 Å². The SMILES string of the molecule is [C-]#[N+]C(C)c1cc(C)c(OC)c(C)c1C. The van der Waals surface area contributed by atoms with Crippen LogP contribution in [-0.4, -0.2) is 7.11 Å². The number of nitrogens with zero attached hydrogens (tertiary/aromatic N) is 1. The van der Waals surface area contributed by atoms with Crippen LogP contribution in [0.5, 0.6) is 5.75 Å². The van der Waals surface area contributed by atoms with Crippen LogP contribution in [0.2, 0.25) is 0 Å². The van der Waals surface area contributed by atoms with Gasteiger partial charge in [0.25, 0.3) is 0 Å². The van der Waals surface area contributed by atoms with Crippen LogP contribution < -0.4 is 4.74 Å². The van der Waals surface area contributed by atoms with Crippen molar-refractivity contribution >= 4 is 0 Å². The maximum Gasteiger partial charge on any atom is 0.246 e. The number of rotatable bonds is 2. The largest absolute Gasteiger partial charge is 0.496 e. The normalized spacial score (nSPS) is 12.0. The fourth-order valence-electron chi connectivity index (χ4n) is 1.91. The van der Waals surface area contributed by atoms with Crippen molar-refractivity contribution < 1.29 is 4.74 Å². The second-order valence-electron chi connectivity index (χ2n) is 3.87. The Morgan fingerprint density at radius 2 is 1.87 bits per heavy atom. The second-order valence-corrected chi connectivity index (χ2v) is 3.87. The van der Waals surface area contributed by atoms with E-state index in [2.05, 4.69) is 10.9 Å². The van der Waals surface area contributed by atoms with Crippen LogP contribution in [-0.2, 0) is 0 Å². The summed E-state index contributed by atoms with van der Waals surface area (Å²) in [7, 11) is 1.69. The zero-order valence-corrected chi connectivity index (χ0v) is 10.0. The van der Waals surface area contributed by atoms with E-state index in [0.29, 0.717) is 0 Å². The van der Waals surface area contributed by atoms with Crippen LogP contribution in [0.15, 0.2) is 6.07 Å². The summed E-state index contributed by atoms with van der Waals surface area (Å²) in [4.78, 5) is 3.57. The Morgan fingerprint density at radius 3 is 2.33 bits per heavy atom. The van der Waals surface area contributed by atoms with Crippen molar-refractivity contribution in [2.45, 2.75) is 33.7 Å². The molecule has 1 unspecified atom stereocenters. The average Bonchev–Trinajstić information content (AvgIpc) is 2.23. The number of methoxy groups -OCH3 is 1. The molecule has 0 fully saturated rings.